The molecular formula is C66H82N6O16Zn. The predicted molar refractivity (Wildman–Crippen MR) is 337 cm³/mol. The number of benzene rings is 4. The van der Waals surface area contributed by atoms with Crippen molar-refractivity contribution < 1.29 is 95.3 Å². The summed E-state index contributed by atoms with van der Waals surface area (Å²) in [7, 11) is 6.56. The smallest absolute Gasteiger partial charge is 0.491 e. The Bertz CT molecular complexity index is 3180. The van der Waals surface area contributed by atoms with Crippen LogP contribution in [0.5, 0.6) is 23.0 Å². The summed E-state index contributed by atoms with van der Waals surface area (Å²) in [5.41, 5.74) is 7.39. The average molecular weight is 1280 g/mol. The number of ether oxygens (including phenoxy) is 16. The number of aliphatic imine (C=N–C) groups is 4. The van der Waals surface area contributed by atoms with Crippen LogP contribution in [0.1, 0.15) is 45.5 Å². The number of amidine groups is 3. The van der Waals surface area contributed by atoms with Crippen LogP contribution >= 0.6 is 0 Å². The normalized spacial score (nSPS) is 14.5. The van der Waals surface area contributed by atoms with Crippen molar-refractivity contribution in [2.45, 2.75) is 12.8 Å². The molecule has 89 heavy (non-hydrogen) atoms. The van der Waals surface area contributed by atoms with Crippen molar-refractivity contribution >= 4 is 51.2 Å². The number of rotatable bonds is 45. The summed E-state index contributed by atoms with van der Waals surface area (Å²) < 4.78 is 91.6. The molecule has 0 N–H and O–H groups in total. The zero-order chi connectivity index (χ0) is 61.4. The number of nitrogens with zero attached hydrogens (tertiary/aromatic N) is 6. The fourth-order valence-electron chi connectivity index (χ4n) is 9.47. The fraction of sp³-hybridized carbons (Fsp3) is 0.455. The maximum atomic E-state index is 6.51. The second-order valence-corrected chi connectivity index (χ2v) is 19.6. The van der Waals surface area contributed by atoms with E-state index in [2.05, 4.69) is 13.2 Å². The van der Waals surface area contributed by atoms with Crippen LogP contribution in [0.4, 0.5) is 5.82 Å². The molecule has 0 spiro atoms. The minimum absolute atomic E-state index is 0. The first-order valence-electron chi connectivity index (χ1n) is 29.6. The third kappa shape index (κ3) is 20.7. The molecule has 5 aromatic rings. The van der Waals surface area contributed by atoms with Crippen LogP contribution in [-0.2, 0) is 82.7 Å². The number of hydrogen-bond donors (Lipinski definition) is 0. The van der Waals surface area contributed by atoms with Gasteiger partial charge in [0.15, 0.2) is 0 Å². The van der Waals surface area contributed by atoms with Gasteiger partial charge in [-0.2, -0.15) is 0 Å². The van der Waals surface area contributed by atoms with Gasteiger partial charge in [-0.3, -0.25) is 9.98 Å². The number of fused-ring (bicyclic) bond motifs is 4. The Balaban J connectivity index is 0.0000113. The molecule has 23 heteroatoms. The van der Waals surface area contributed by atoms with Gasteiger partial charge in [0, 0.05) is 68.1 Å². The molecule has 0 saturated carbocycles. The quantitative estimate of drug-likeness (QED) is 0.0202. The molecule has 0 bridgehead atoms. The van der Waals surface area contributed by atoms with E-state index in [0.717, 1.165) is 38.9 Å². The summed E-state index contributed by atoms with van der Waals surface area (Å²) in [5, 5.41) is 6.84. The van der Waals surface area contributed by atoms with Gasteiger partial charge in [0.25, 0.3) is 0 Å². The van der Waals surface area contributed by atoms with Crippen LogP contribution in [0.3, 0.4) is 0 Å². The van der Waals surface area contributed by atoms with Crippen LogP contribution in [0.2, 0.25) is 0 Å². The first-order chi connectivity index (χ1) is 43.5. The van der Waals surface area contributed by atoms with Crippen LogP contribution in [0.15, 0.2) is 118 Å². The molecule has 0 atom stereocenters. The second kappa shape index (κ2) is 39.6. The Hall–Kier alpha value is -6.54. The number of aromatic nitrogens is 1. The summed E-state index contributed by atoms with van der Waals surface area (Å²) in [6.07, 6.45) is 4.70. The topological polar surface area (TPSA) is 225 Å². The third-order valence-electron chi connectivity index (χ3n) is 13.6. The van der Waals surface area contributed by atoms with Crippen molar-refractivity contribution in [3.63, 3.8) is 0 Å². The molecule has 0 unspecified atom stereocenters. The van der Waals surface area contributed by atoms with Crippen molar-refractivity contribution in [3.8, 4) is 23.0 Å². The van der Waals surface area contributed by atoms with Gasteiger partial charge in [-0.1, -0.05) is 67.3 Å². The van der Waals surface area contributed by atoms with E-state index in [4.69, 9.17) is 106 Å². The van der Waals surface area contributed by atoms with E-state index in [-0.39, 0.29) is 32.7 Å². The first-order valence-corrected chi connectivity index (χ1v) is 29.6. The SMILES string of the molecule is C=CCc1[n-]c(/N=C2\N=C(N=C3[N-]/C(=C/CC4=NC(=C)c5cccc(OCCOCCOCCOC)c54)c4cccc(OCCOCCOCCOC)c43)c3cccc(OCCOCCOCCOC)c32)c2cccc(OCCOCCOCCOC)c12.[Zn+2]. The van der Waals surface area contributed by atoms with Crippen LogP contribution in [-0.4, -0.2) is 210 Å². The third-order valence-corrected chi connectivity index (χ3v) is 13.6. The van der Waals surface area contributed by atoms with Gasteiger partial charge in [-0.25, -0.2) is 0 Å². The van der Waals surface area contributed by atoms with Crippen LogP contribution in [0.25, 0.3) is 27.5 Å². The minimum Gasteiger partial charge on any atom is -0.491 e. The Morgan fingerprint density at radius 3 is 1.38 bits per heavy atom. The van der Waals surface area contributed by atoms with Crippen molar-refractivity contribution in [1.29, 1.82) is 0 Å². The predicted octanol–water partition coefficient (Wildman–Crippen LogP) is 8.63. The molecule has 1 aromatic heterocycles. The fourth-order valence-corrected chi connectivity index (χ4v) is 9.47. The van der Waals surface area contributed by atoms with Crippen LogP contribution in [0, 0.1) is 0 Å². The van der Waals surface area contributed by atoms with E-state index in [9.17, 15) is 0 Å². The molecule has 474 valence electrons. The van der Waals surface area contributed by atoms with E-state index in [1.165, 1.54) is 0 Å². The largest absolute Gasteiger partial charge is 2.00 e. The molecule has 8 rings (SSSR count). The van der Waals surface area contributed by atoms with E-state index in [1.54, 1.807) is 28.4 Å². The summed E-state index contributed by atoms with van der Waals surface area (Å²) in [6.45, 7) is 18.3. The molecule has 4 aromatic carbocycles. The van der Waals surface area contributed by atoms with Gasteiger partial charge < -0.3 is 96.1 Å². The molecule has 0 saturated heterocycles. The van der Waals surface area contributed by atoms with Gasteiger partial charge in [0.2, 0.25) is 0 Å². The Kier molecular flexibility index (Phi) is 31.1. The molecule has 0 radical (unpaired) electrons. The van der Waals surface area contributed by atoms with E-state index >= 15 is 0 Å². The number of allylic oxidation sites excluding steroid dienone is 2. The van der Waals surface area contributed by atoms with Gasteiger partial charge in [0.05, 0.1) is 155 Å². The number of hydrogen-bond acceptors (Lipinski definition) is 19. The molecule has 3 aliphatic heterocycles. The minimum atomic E-state index is 0. The molecule has 0 aliphatic carbocycles. The second-order valence-electron chi connectivity index (χ2n) is 19.6. The zero-order valence-electron chi connectivity index (χ0n) is 51.8. The molecular weight excluding hydrogens is 1200 g/mol. The average Bonchev–Trinajstić information content (AvgIpc) is 1.74. The molecule has 0 amide bonds. The summed E-state index contributed by atoms with van der Waals surface area (Å²) in [6, 6.07) is 23.3. The summed E-state index contributed by atoms with van der Waals surface area (Å²) >= 11 is 0. The Labute approximate surface area is 534 Å². The molecule has 22 nitrogen and oxygen atoms in total. The Morgan fingerprint density at radius 1 is 0.449 bits per heavy atom. The van der Waals surface area contributed by atoms with E-state index in [1.807, 2.05) is 84.9 Å². The number of methoxy groups -OCH3 is 4. The van der Waals surface area contributed by atoms with Gasteiger partial charge in [0.1, 0.15) is 49.4 Å². The molecule has 4 heterocycles. The van der Waals surface area contributed by atoms with Crippen molar-refractivity contribution in [2.75, 3.05) is 187 Å². The van der Waals surface area contributed by atoms with Crippen molar-refractivity contribution in [3.05, 3.63) is 142 Å². The standard InChI is InChI=1S/C66H82N6O16.Zn/c1-7-12-53-60-50(15-10-18-56(60)86-44-40-82-36-32-78-28-24-74-4)63(69-53)70-66-62-51(16-11-20-58(62)88-46-42-84-38-34-80-30-26-76-6)64(72-66)71-65-61-49(14-9-19-57(61)87-45-41-83-37-33-79-29-25-75-5)52(68-65)21-22-54-59-48(47(2)67-54)13-8-17-55(59)85-43-39-81-35-31-77-27-23-73-3;/h7-11,13-21H,1-2,12,22-46H2,3-6H3;/q-2;+2/b52-21+;. The van der Waals surface area contributed by atoms with Crippen LogP contribution < -0.4 is 23.9 Å². The summed E-state index contributed by atoms with van der Waals surface area (Å²) in [5.74, 6) is 3.93. The maximum absolute atomic E-state index is 6.51. The van der Waals surface area contributed by atoms with Gasteiger partial charge in [-0.05, 0) is 64.7 Å². The maximum Gasteiger partial charge on any atom is 2.00 e. The molecule has 3 aliphatic rings. The molecule has 0 fully saturated rings. The summed E-state index contributed by atoms with van der Waals surface area (Å²) in [4.78, 5) is 25.8. The van der Waals surface area contributed by atoms with Crippen molar-refractivity contribution in [1.82, 2.24) is 4.98 Å². The van der Waals surface area contributed by atoms with E-state index in [0.29, 0.717) is 233 Å². The Morgan fingerprint density at radius 2 is 0.876 bits per heavy atom. The van der Waals surface area contributed by atoms with E-state index < -0.39 is 0 Å². The zero-order valence-corrected chi connectivity index (χ0v) is 54.8. The van der Waals surface area contributed by atoms with Gasteiger partial charge >= 0.3 is 19.5 Å². The first kappa shape index (κ1) is 69.9. The van der Waals surface area contributed by atoms with Gasteiger partial charge in [-0.15, -0.1) is 6.58 Å². The monoisotopic (exact) mass is 1280 g/mol. The van der Waals surface area contributed by atoms with Crippen molar-refractivity contribution in [2.24, 2.45) is 20.0 Å².